The Balaban J connectivity index is 1.74. The molecule has 0 aliphatic rings. The molecule has 0 atom stereocenters. The smallest absolute Gasteiger partial charge is 0.343 e. The molecule has 0 aliphatic heterocycles. The summed E-state index contributed by atoms with van der Waals surface area (Å²) in [6, 6.07) is 8.51. The highest BCUT2D eigenvalue weighted by molar-refractivity contribution is 7.22. The Morgan fingerprint density at radius 3 is 2.67 bits per heavy atom. The van der Waals surface area contributed by atoms with Gasteiger partial charge < -0.3 is 20.5 Å². The van der Waals surface area contributed by atoms with Gasteiger partial charge in [-0.15, -0.1) is 0 Å². The number of esters is 1. The molecule has 0 saturated carbocycles. The summed E-state index contributed by atoms with van der Waals surface area (Å²) in [4.78, 5) is 29.4. The Bertz CT molecular complexity index is 1130. The number of carboxylic acid groups (broad SMARTS) is 1. The lowest BCUT2D eigenvalue weighted by atomic mass is 10.2. The van der Waals surface area contributed by atoms with E-state index in [0.717, 1.165) is 10.8 Å². The number of aliphatic carboxylic acids is 1. The molecule has 8 nitrogen and oxygen atoms in total. The van der Waals surface area contributed by atoms with Gasteiger partial charge in [-0.3, -0.25) is 10.2 Å². The number of benzene rings is 2. The largest absolute Gasteiger partial charge is 0.481 e. The summed E-state index contributed by atoms with van der Waals surface area (Å²) in [5.74, 6) is -2.90. The third-order valence-corrected chi connectivity index (χ3v) is 5.40. The molecule has 0 spiro atoms. The Morgan fingerprint density at radius 1 is 1.27 bits per heavy atom. The van der Waals surface area contributed by atoms with Crippen molar-refractivity contribution < 1.29 is 23.8 Å². The van der Waals surface area contributed by atoms with Crippen LogP contribution in [0.1, 0.15) is 28.8 Å². The van der Waals surface area contributed by atoms with Gasteiger partial charge in [0.05, 0.1) is 15.8 Å². The van der Waals surface area contributed by atoms with E-state index in [1.165, 1.54) is 23.5 Å². The number of amidine groups is 1. The Kier molecular flexibility index (Phi) is 6.26. The van der Waals surface area contributed by atoms with Crippen LogP contribution in [0.25, 0.3) is 10.2 Å². The van der Waals surface area contributed by atoms with E-state index in [2.05, 4.69) is 4.98 Å². The number of aromatic nitrogens is 1. The van der Waals surface area contributed by atoms with Crippen LogP contribution in [-0.2, 0) is 4.79 Å². The first kappa shape index (κ1) is 21.2. The summed E-state index contributed by atoms with van der Waals surface area (Å²) in [5.41, 5.74) is 6.43. The molecule has 0 unspecified atom stereocenters. The number of halogens is 1. The summed E-state index contributed by atoms with van der Waals surface area (Å²) >= 11 is 1.36. The van der Waals surface area contributed by atoms with E-state index < -0.39 is 17.8 Å². The number of carbonyl (C=O) groups is 2. The molecule has 0 aliphatic carbocycles. The maximum Gasteiger partial charge on any atom is 0.343 e. The highest BCUT2D eigenvalue weighted by atomic mass is 32.1. The molecule has 0 bridgehead atoms. The van der Waals surface area contributed by atoms with Crippen molar-refractivity contribution in [1.82, 2.24) is 4.98 Å². The third-order valence-electron chi connectivity index (χ3n) is 4.27. The number of carboxylic acids is 1. The van der Waals surface area contributed by atoms with Crippen molar-refractivity contribution in [3.05, 3.63) is 53.3 Å². The average molecular weight is 430 g/mol. The fraction of sp³-hybridized carbons (Fsp3) is 0.200. The Morgan fingerprint density at radius 2 is 2.00 bits per heavy atom. The van der Waals surface area contributed by atoms with Crippen LogP contribution in [0, 0.1) is 11.2 Å². The van der Waals surface area contributed by atoms with E-state index in [1.807, 2.05) is 11.9 Å². The molecule has 10 heteroatoms. The third kappa shape index (κ3) is 4.90. The quantitative estimate of drug-likeness (QED) is 0.216. The zero-order valence-corrected chi connectivity index (χ0v) is 16.8. The van der Waals surface area contributed by atoms with Crippen molar-refractivity contribution in [1.29, 1.82) is 5.41 Å². The fourth-order valence-corrected chi connectivity index (χ4v) is 3.67. The molecule has 0 amide bonds. The summed E-state index contributed by atoms with van der Waals surface area (Å²) in [6.45, 7) is 0.538. The van der Waals surface area contributed by atoms with Crippen LogP contribution in [0.2, 0.25) is 0 Å². The van der Waals surface area contributed by atoms with Crippen molar-refractivity contribution >= 4 is 44.5 Å². The molecular weight excluding hydrogens is 411 g/mol. The van der Waals surface area contributed by atoms with Crippen LogP contribution in [0.5, 0.6) is 5.75 Å². The van der Waals surface area contributed by atoms with Gasteiger partial charge >= 0.3 is 11.9 Å². The average Bonchev–Trinajstić information content (AvgIpc) is 3.12. The van der Waals surface area contributed by atoms with Gasteiger partial charge in [0.2, 0.25) is 0 Å². The number of carbonyl (C=O) groups excluding carboxylic acids is 1. The summed E-state index contributed by atoms with van der Waals surface area (Å²) in [6.07, 6.45) is 0.572. The molecule has 0 fully saturated rings. The van der Waals surface area contributed by atoms with E-state index in [0.29, 0.717) is 23.6 Å². The van der Waals surface area contributed by atoms with E-state index in [-0.39, 0.29) is 29.1 Å². The lowest BCUT2D eigenvalue weighted by Crippen LogP contribution is -2.18. The van der Waals surface area contributed by atoms with Gasteiger partial charge in [0, 0.05) is 25.6 Å². The Labute approximate surface area is 175 Å². The predicted molar refractivity (Wildman–Crippen MR) is 112 cm³/mol. The molecule has 1 aromatic heterocycles. The molecule has 0 radical (unpaired) electrons. The number of ether oxygens (including phenoxy) is 1. The molecule has 3 aromatic rings. The first-order valence-electron chi connectivity index (χ1n) is 8.94. The topological polar surface area (TPSA) is 130 Å². The van der Waals surface area contributed by atoms with Gasteiger partial charge in [0.15, 0.2) is 16.7 Å². The first-order valence-corrected chi connectivity index (χ1v) is 9.76. The minimum absolute atomic E-state index is 0.0786. The second-order valence-electron chi connectivity index (χ2n) is 6.55. The second-order valence-corrected chi connectivity index (χ2v) is 7.56. The zero-order valence-electron chi connectivity index (χ0n) is 16.0. The van der Waals surface area contributed by atoms with Crippen LogP contribution in [-0.4, -0.2) is 41.5 Å². The van der Waals surface area contributed by atoms with Crippen LogP contribution >= 0.6 is 11.3 Å². The van der Waals surface area contributed by atoms with Crippen LogP contribution in [0.15, 0.2) is 36.4 Å². The molecule has 30 heavy (non-hydrogen) atoms. The monoisotopic (exact) mass is 430 g/mol. The standard InChI is InChI=1S/C20H19FN4O4S/c1-25(8-2-3-17(26)27)20-24-14-6-4-12(10-16(14)30-20)19(28)29-15-7-5-11(18(22)23)9-13(15)21/h4-7,9-10H,2-3,8H2,1H3,(H3,22,23)(H,26,27). The van der Waals surface area contributed by atoms with Gasteiger partial charge in [-0.1, -0.05) is 11.3 Å². The van der Waals surface area contributed by atoms with E-state index in [9.17, 15) is 14.0 Å². The van der Waals surface area contributed by atoms with Crippen molar-refractivity contribution in [2.24, 2.45) is 5.73 Å². The van der Waals surface area contributed by atoms with Gasteiger partial charge in [0.25, 0.3) is 0 Å². The van der Waals surface area contributed by atoms with Crippen molar-refractivity contribution in [3.8, 4) is 5.75 Å². The van der Waals surface area contributed by atoms with Crippen molar-refractivity contribution in [3.63, 3.8) is 0 Å². The predicted octanol–water partition coefficient (Wildman–Crippen LogP) is 3.24. The SMILES string of the molecule is CN(CCCC(=O)O)c1nc2ccc(C(=O)Oc3ccc(C(=N)N)cc3F)cc2s1. The van der Waals surface area contributed by atoms with Gasteiger partial charge in [0.1, 0.15) is 5.84 Å². The number of anilines is 1. The number of fused-ring (bicyclic) bond motifs is 1. The van der Waals surface area contributed by atoms with Gasteiger partial charge in [-0.25, -0.2) is 14.2 Å². The summed E-state index contributed by atoms with van der Waals surface area (Å²) < 4.78 is 20.0. The highest BCUT2D eigenvalue weighted by Gasteiger charge is 2.16. The van der Waals surface area contributed by atoms with Gasteiger partial charge in [-0.2, -0.15) is 0 Å². The highest BCUT2D eigenvalue weighted by Crippen LogP contribution is 2.29. The first-order chi connectivity index (χ1) is 14.2. The molecule has 3 rings (SSSR count). The van der Waals surface area contributed by atoms with Gasteiger partial charge in [-0.05, 0) is 42.8 Å². The molecule has 0 saturated heterocycles. The molecule has 4 N–H and O–H groups in total. The minimum Gasteiger partial charge on any atom is -0.481 e. The molecular formula is C20H19FN4O4S. The number of hydrogen-bond donors (Lipinski definition) is 3. The Hall–Kier alpha value is -3.53. The number of nitrogens with one attached hydrogen (secondary N) is 1. The number of nitrogens with two attached hydrogens (primary N) is 1. The number of thiazole rings is 1. The normalized spacial score (nSPS) is 10.7. The number of hydrogen-bond acceptors (Lipinski definition) is 7. The molecule has 1 heterocycles. The maximum atomic E-state index is 14.1. The number of rotatable bonds is 8. The van der Waals surface area contributed by atoms with Crippen molar-refractivity contribution in [2.75, 3.05) is 18.5 Å². The number of nitrogens with zero attached hydrogens (tertiary/aromatic N) is 2. The molecule has 156 valence electrons. The van der Waals surface area contributed by atoms with Crippen LogP contribution < -0.4 is 15.4 Å². The minimum atomic E-state index is -0.844. The maximum absolute atomic E-state index is 14.1. The summed E-state index contributed by atoms with van der Waals surface area (Å²) in [5, 5.41) is 16.8. The zero-order chi connectivity index (χ0) is 21.8. The van der Waals surface area contributed by atoms with E-state index in [1.54, 1.807) is 18.2 Å². The number of nitrogen functional groups attached to an aromatic ring is 1. The van der Waals surface area contributed by atoms with Crippen LogP contribution in [0.4, 0.5) is 9.52 Å². The second kappa shape index (κ2) is 8.87. The van der Waals surface area contributed by atoms with Crippen LogP contribution in [0.3, 0.4) is 0 Å². The van der Waals surface area contributed by atoms with Crippen molar-refractivity contribution in [2.45, 2.75) is 12.8 Å². The van der Waals surface area contributed by atoms with E-state index in [4.69, 9.17) is 21.0 Å². The van der Waals surface area contributed by atoms with E-state index >= 15 is 0 Å². The summed E-state index contributed by atoms with van der Waals surface area (Å²) in [7, 11) is 1.82. The lowest BCUT2D eigenvalue weighted by Gasteiger charge is -2.14. The fourth-order valence-electron chi connectivity index (χ4n) is 2.68. The molecule has 2 aromatic carbocycles. The lowest BCUT2D eigenvalue weighted by molar-refractivity contribution is -0.137.